The lowest BCUT2D eigenvalue weighted by Crippen LogP contribution is -2.56. The number of thioether (sulfide) groups is 1. The van der Waals surface area contributed by atoms with E-state index in [9.17, 15) is 9.59 Å². The summed E-state index contributed by atoms with van der Waals surface area (Å²) in [7, 11) is 0. The third kappa shape index (κ3) is 3.23. The van der Waals surface area contributed by atoms with Crippen molar-refractivity contribution in [3.05, 3.63) is 0 Å². The molecule has 3 atom stereocenters. The molecule has 1 heterocycles. The van der Waals surface area contributed by atoms with E-state index >= 15 is 0 Å². The highest BCUT2D eigenvalue weighted by molar-refractivity contribution is 8.14. The Kier molecular flexibility index (Phi) is 5.20. The number of nitrogens with two attached hydrogens (primary N) is 1. The van der Waals surface area contributed by atoms with Gasteiger partial charge in [0.15, 0.2) is 0 Å². The lowest BCUT2D eigenvalue weighted by atomic mass is 9.67. The second-order valence-corrected chi connectivity index (χ2v) is 7.01. The van der Waals surface area contributed by atoms with Gasteiger partial charge >= 0.3 is 0 Å². The second kappa shape index (κ2) is 6.54. The fourth-order valence-corrected chi connectivity index (χ4v) is 4.59. The molecule has 20 heavy (non-hydrogen) atoms. The molecule has 2 unspecified atom stereocenters. The van der Waals surface area contributed by atoms with E-state index in [1.54, 1.807) is 0 Å². The Labute approximate surface area is 129 Å². The Morgan fingerprint density at radius 2 is 1.95 bits per heavy atom. The number of hydrogen-bond acceptors (Lipinski definition) is 4. The number of carbonyl (C=O) groups excluding carboxylic acids is 2. The maximum atomic E-state index is 12.2. The van der Waals surface area contributed by atoms with Gasteiger partial charge in [-0.05, 0) is 37.5 Å². The normalized spacial score (nSPS) is 39.6. The van der Waals surface area contributed by atoms with Gasteiger partial charge in [-0.2, -0.15) is 0 Å². The van der Waals surface area contributed by atoms with Gasteiger partial charge in [0.05, 0.1) is 0 Å². The van der Waals surface area contributed by atoms with Crippen LogP contribution in [0.15, 0.2) is 0 Å². The minimum absolute atomic E-state index is 0. The van der Waals surface area contributed by atoms with Crippen molar-refractivity contribution in [3.63, 3.8) is 0 Å². The maximum Gasteiger partial charge on any atom is 0.279 e. The summed E-state index contributed by atoms with van der Waals surface area (Å²) < 4.78 is 0. The van der Waals surface area contributed by atoms with Crippen molar-refractivity contribution < 1.29 is 9.59 Å². The van der Waals surface area contributed by atoms with E-state index in [1.807, 2.05) is 0 Å². The Morgan fingerprint density at radius 1 is 1.30 bits per heavy atom. The van der Waals surface area contributed by atoms with E-state index in [-0.39, 0.29) is 35.6 Å². The summed E-state index contributed by atoms with van der Waals surface area (Å²) in [6.45, 7) is 0. The van der Waals surface area contributed by atoms with Crippen LogP contribution in [0, 0.1) is 11.8 Å². The third-order valence-electron chi connectivity index (χ3n) is 4.68. The molecule has 2 amide bonds. The highest BCUT2D eigenvalue weighted by atomic mass is 35.5. The molecule has 2 saturated carbocycles. The number of halogens is 1. The summed E-state index contributed by atoms with van der Waals surface area (Å²) in [6, 6.07) is 0.211. The Hall–Kier alpha value is -0.460. The van der Waals surface area contributed by atoms with Crippen molar-refractivity contribution in [2.24, 2.45) is 17.6 Å². The SMILES string of the molecule is Cl.NC1CC2CCCC(C1)C2NC(=O)[C@@H]1CSC(=O)N1. The Bertz CT molecular complexity index is 382. The molecule has 0 aromatic heterocycles. The van der Waals surface area contributed by atoms with Crippen LogP contribution in [0.4, 0.5) is 4.79 Å². The van der Waals surface area contributed by atoms with Gasteiger partial charge in [0.2, 0.25) is 5.91 Å². The molecule has 0 spiro atoms. The zero-order valence-corrected chi connectivity index (χ0v) is 13.0. The van der Waals surface area contributed by atoms with Crippen molar-refractivity contribution in [1.82, 2.24) is 10.6 Å². The average molecular weight is 320 g/mol. The molecule has 1 aliphatic heterocycles. The van der Waals surface area contributed by atoms with Crippen LogP contribution in [-0.4, -0.2) is 35.0 Å². The van der Waals surface area contributed by atoms with Crippen LogP contribution in [0.5, 0.6) is 0 Å². The first-order valence-corrected chi connectivity index (χ1v) is 8.11. The van der Waals surface area contributed by atoms with Gasteiger partial charge in [0.25, 0.3) is 5.24 Å². The van der Waals surface area contributed by atoms with Gasteiger partial charge in [-0.25, -0.2) is 0 Å². The van der Waals surface area contributed by atoms with Crippen molar-refractivity contribution in [1.29, 1.82) is 0 Å². The van der Waals surface area contributed by atoms with Crippen LogP contribution in [-0.2, 0) is 4.79 Å². The summed E-state index contributed by atoms with van der Waals surface area (Å²) in [5.74, 6) is 1.58. The van der Waals surface area contributed by atoms with Crippen LogP contribution in [0.1, 0.15) is 32.1 Å². The highest BCUT2D eigenvalue weighted by Gasteiger charge is 2.41. The Balaban J connectivity index is 0.00000147. The van der Waals surface area contributed by atoms with Crippen LogP contribution >= 0.6 is 24.2 Å². The summed E-state index contributed by atoms with van der Waals surface area (Å²) in [6.07, 6.45) is 5.63. The van der Waals surface area contributed by atoms with E-state index in [0.717, 1.165) is 12.8 Å². The fourth-order valence-electron chi connectivity index (χ4n) is 3.82. The highest BCUT2D eigenvalue weighted by Crippen LogP contribution is 2.39. The first-order valence-electron chi connectivity index (χ1n) is 7.12. The van der Waals surface area contributed by atoms with Gasteiger partial charge in [-0.15, -0.1) is 12.4 Å². The lowest BCUT2D eigenvalue weighted by Gasteiger charge is -2.45. The molecular weight excluding hydrogens is 298 g/mol. The Morgan fingerprint density at radius 3 is 2.50 bits per heavy atom. The monoisotopic (exact) mass is 319 g/mol. The minimum atomic E-state index is -0.353. The average Bonchev–Trinajstić information content (AvgIpc) is 2.77. The molecule has 2 bridgehead atoms. The van der Waals surface area contributed by atoms with Crippen molar-refractivity contribution in [3.8, 4) is 0 Å². The first kappa shape index (κ1) is 15.9. The largest absolute Gasteiger partial charge is 0.351 e. The first-order chi connectivity index (χ1) is 9.13. The van der Waals surface area contributed by atoms with Gasteiger partial charge < -0.3 is 16.4 Å². The molecule has 5 nitrogen and oxygen atoms in total. The van der Waals surface area contributed by atoms with Gasteiger partial charge in [0, 0.05) is 17.8 Å². The summed E-state index contributed by atoms with van der Waals surface area (Å²) in [5.41, 5.74) is 6.09. The molecule has 3 fully saturated rings. The van der Waals surface area contributed by atoms with E-state index in [2.05, 4.69) is 10.6 Å². The van der Waals surface area contributed by atoms with Crippen LogP contribution < -0.4 is 16.4 Å². The van der Waals surface area contributed by atoms with Crippen LogP contribution in [0.25, 0.3) is 0 Å². The topological polar surface area (TPSA) is 84.2 Å². The maximum absolute atomic E-state index is 12.2. The number of carbonyl (C=O) groups is 2. The van der Waals surface area contributed by atoms with Gasteiger partial charge in [-0.3, -0.25) is 9.59 Å². The molecule has 2 aliphatic carbocycles. The van der Waals surface area contributed by atoms with E-state index in [1.165, 1.54) is 31.0 Å². The minimum Gasteiger partial charge on any atom is -0.351 e. The predicted molar refractivity (Wildman–Crippen MR) is 82.0 cm³/mol. The molecule has 7 heteroatoms. The smallest absolute Gasteiger partial charge is 0.279 e. The van der Waals surface area contributed by atoms with E-state index in [4.69, 9.17) is 5.73 Å². The number of amides is 2. The summed E-state index contributed by atoms with van der Waals surface area (Å²) in [5, 5.41) is 5.79. The van der Waals surface area contributed by atoms with Crippen molar-refractivity contribution in [2.75, 3.05) is 5.75 Å². The molecule has 3 rings (SSSR count). The van der Waals surface area contributed by atoms with Crippen LogP contribution in [0.2, 0.25) is 0 Å². The zero-order chi connectivity index (χ0) is 13.4. The van der Waals surface area contributed by atoms with Gasteiger partial charge in [-0.1, -0.05) is 18.2 Å². The van der Waals surface area contributed by atoms with E-state index < -0.39 is 0 Å². The quantitative estimate of drug-likeness (QED) is 0.715. The predicted octanol–water partition coefficient (Wildman–Crippen LogP) is 1.26. The molecular formula is C13H22ClN3O2S. The molecule has 0 aromatic rings. The molecule has 1 saturated heterocycles. The lowest BCUT2D eigenvalue weighted by molar-refractivity contribution is -0.124. The fraction of sp³-hybridized carbons (Fsp3) is 0.846. The number of rotatable bonds is 2. The molecule has 0 aromatic carbocycles. The second-order valence-electron chi connectivity index (χ2n) is 6.01. The number of hydrogen-bond donors (Lipinski definition) is 3. The molecule has 114 valence electrons. The zero-order valence-electron chi connectivity index (χ0n) is 11.3. The standard InChI is InChI=1S/C13H21N3O2S.ClH/c14-9-4-7-2-1-3-8(5-9)11(7)16-12(17)10-6-19-13(18)15-10;/h7-11H,1-6,14H2,(H,15,18)(H,16,17);1H/t7?,8?,9?,10-,11?;/m0./s1. The van der Waals surface area contributed by atoms with Crippen molar-refractivity contribution in [2.45, 2.75) is 50.2 Å². The van der Waals surface area contributed by atoms with E-state index in [0.29, 0.717) is 23.6 Å². The summed E-state index contributed by atoms with van der Waals surface area (Å²) >= 11 is 1.19. The molecule has 0 radical (unpaired) electrons. The molecule has 3 aliphatic rings. The number of nitrogens with one attached hydrogen (secondary N) is 2. The molecule has 4 N–H and O–H groups in total. The van der Waals surface area contributed by atoms with Gasteiger partial charge in [0.1, 0.15) is 6.04 Å². The summed E-state index contributed by atoms with van der Waals surface area (Å²) in [4.78, 5) is 23.3. The third-order valence-corrected chi connectivity index (χ3v) is 5.56. The van der Waals surface area contributed by atoms with Crippen LogP contribution in [0.3, 0.4) is 0 Å². The van der Waals surface area contributed by atoms with Crippen molar-refractivity contribution >= 4 is 35.3 Å². The number of fused-ring (bicyclic) bond motifs is 2.